The maximum atomic E-state index is 14.0. The molecular weight excluding hydrogens is 391 g/mol. The first kappa shape index (κ1) is 22.9. The number of aliphatic hydroxyl groups excluding tert-OH is 1. The highest BCUT2D eigenvalue weighted by Crippen LogP contribution is 2.43. The standard InChI is InChI=1S/C24H32F3NO2/c1-3-4-5-16-6-10-19(11-7-16)30-21-13-8-17-14-18(23(2,28)15-29)9-12-20(17)22(21)24(25,26)27/h8-9,12-14,16,19,29H,3-7,10-11,15,28H2,1-2H3/t16-,19-,23-/m0/s1. The van der Waals surface area contributed by atoms with Gasteiger partial charge in [-0.25, -0.2) is 0 Å². The molecule has 30 heavy (non-hydrogen) atoms. The summed E-state index contributed by atoms with van der Waals surface area (Å²) in [6.45, 7) is 3.52. The maximum Gasteiger partial charge on any atom is 0.420 e. The van der Waals surface area contributed by atoms with Gasteiger partial charge < -0.3 is 15.6 Å². The number of benzene rings is 2. The summed E-state index contributed by atoms with van der Waals surface area (Å²) in [5, 5.41) is 9.99. The van der Waals surface area contributed by atoms with Gasteiger partial charge in [0.1, 0.15) is 11.3 Å². The SMILES string of the molecule is CCCC[C@H]1CC[C@H](Oc2ccc3cc([C@@](C)(N)CO)ccc3c2C(F)(F)F)CC1. The summed E-state index contributed by atoms with van der Waals surface area (Å²) < 4.78 is 47.9. The molecule has 0 heterocycles. The minimum absolute atomic E-state index is 0.0918. The van der Waals surface area contributed by atoms with Gasteiger partial charge in [-0.2, -0.15) is 13.2 Å². The molecule has 0 unspecified atom stereocenters. The summed E-state index contributed by atoms with van der Waals surface area (Å²) in [4.78, 5) is 0. The summed E-state index contributed by atoms with van der Waals surface area (Å²) in [6, 6.07) is 7.66. The van der Waals surface area contributed by atoms with Crippen LogP contribution in [0.1, 0.15) is 69.9 Å². The van der Waals surface area contributed by atoms with Crippen LogP contribution in [0, 0.1) is 5.92 Å². The van der Waals surface area contributed by atoms with E-state index in [1.165, 1.54) is 31.4 Å². The first-order chi connectivity index (χ1) is 14.2. The Kier molecular flexibility index (Phi) is 6.98. The number of aliphatic hydroxyl groups is 1. The molecular formula is C24H32F3NO2. The number of hydrogen-bond donors (Lipinski definition) is 2. The minimum Gasteiger partial charge on any atom is -0.490 e. The molecule has 166 valence electrons. The van der Waals surface area contributed by atoms with E-state index in [0.29, 0.717) is 16.9 Å². The third kappa shape index (κ3) is 5.09. The monoisotopic (exact) mass is 423 g/mol. The molecule has 3 N–H and O–H groups in total. The second-order valence-corrected chi connectivity index (χ2v) is 8.85. The Hall–Kier alpha value is -1.79. The molecule has 1 atom stereocenters. The van der Waals surface area contributed by atoms with Crippen LogP contribution in [0.25, 0.3) is 10.8 Å². The van der Waals surface area contributed by atoms with E-state index in [0.717, 1.165) is 25.7 Å². The summed E-state index contributed by atoms with van der Waals surface area (Å²) in [6.07, 6.45) is 2.49. The van der Waals surface area contributed by atoms with E-state index in [-0.39, 0.29) is 23.8 Å². The molecule has 1 aliphatic carbocycles. The van der Waals surface area contributed by atoms with Crippen LogP contribution in [-0.2, 0) is 11.7 Å². The molecule has 0 radical (unpaired) electrons. The van der Waals surface area contributed by atoms with Gasteiger partial charge in [0.25, 0.3) is 0 Å². The van der Waals surface area contributed by atoms with E-state index in [4.69, 9.17) is 10.5 Å². The summed E-state index contributed by atoms with van der Waals surface area (Å²) in [5.74, 6) is 0.566. The van der Waals surface area contributed by atoms with Gasteiger partial charge >= 0.3 is 6.18 Å². The van der Waals surface area contributed by atoms with Gasteiger partial charge in [-0.15, -0.1) is 0 Å². The number of hydrogen-bond acceptors (Lipinski definition) is 3. The summed E-state index contributed by atoms with van der Waals surface area (Å²) >= 11 is 0. The number of nitrogens with two attached hydrogens (primary N) is 1. The number of rotatable bonds is 7. The van der Waals surface area contributed by atoms with E-state index in [2.05, 4.69) is 6.92 Å². The van der Waals surface area contributed by atoms with Crippen LogP contribution in [0.2, 0.25) is 0 Å². The highest BCUT2D eigenvalue weighted by molar-refractivity contribution is 5.89. The third-order valence-corrected chi connectivity index (χ3v) is 6.31. The quantitative estimate of drug-likeness (QED) is 0.561. The van der Waals surface area contributed by atoms with E-state index >= 15 is 0 Å². The molecule has 2 aromatic rings. The summed E-state index contributed by atoms with van der Waals surface area (Å²) in [5.41, 5.74) is 4.89. The fourth-order valence-electron chi connectivity index (χ4n) is 4.36. The van der Waals surface area contributed by atoms with Gasteiger partial charge in [0, 0.05) is 0 Å². The molecule has 0 aromatic heterocycles. The summed E-state index contributed by atoms with van der Waals surface area (Å²) in [7, 11) is 0. The Bertz CT molecular complexity index is 855. The van der Waals surface area contributed by atoms with Crippen molar-refractivity contribution in [3.8, 4) is 5.75 Å². The smallest absolute Gasteiger partial charge is 0.420 e. The number of unbranched alkanes of at least 4 members (excludes halogenated alkanes) is 1. The number of alkyl halides is 3. The van der Waals surface area contributed by atoms with E-state index in [1.54, 1.807) is 25.1 Å². The molecule has 2 aromatic carbocycles. The second-order valence-electron chi connectivity index (χ2n) is 8.85. The lowest BCUT2D eigenvalue weighted by molar-refractivity contribution is -0.138. The molecule has 3 rings (SSSR count). The molecule has 0 aliphatic heterocycles. The molecule has 1 aliphatic rings. The van der Waals surface area contributed by atoms with E-state index in [9.17, 15) is 18.3 Å². The topological polar surface area (TPSA) is 55.5 Å². The lowest BCUT2D eigenvalue weighted by Gasteiger charge is -2.30. The van der Waals surface area contributed by atoms with Gasteiger partial charge in [0.15, 0.2) is 0 Å². The van der Waals surface area contributed by atoms with Gasteiger partial charge in [0.05, 0.1) is 18.2 Å². The molecule has 0 bridgehead atoms. The maximum absolute atomic E-state index is 14.0. The molecule has 1 saturated carbocycles. The average molecular weight is 424 g/mol. The Morgan fingerprint density at radius 3 is 2.40 bits per heavy atom. The highest BCUT2D eigenvalue weighted by Gasteiger charge is 2.37. The lowest BCUT2D eigenvalue weighted by atomic mass is 9.84. The predicted octanol–water partition coefficient (Wildman–Crippen LogP) is 6.15. The first-order valence-electron chi connectivity index (χ1n) is 10.9. The van der Waals surface area contributed by atoms with Crippen molar-refractivity contribution in [1.82, 2.24) is 0 Å². The normalized spacial score (nSPS) is 22.1. The molecule has 1 fully saturated rings. The van der Waals surface area contributed by atoms with Crippen molar-refractivity contribution in [2.75, 3.05) is 6.61 Å². The van der Waals surface area contributed by atoms with Crippen molar-refractivity contribution in [3.05, 3.63) is 41.5 Å². The molecule has 0 spiro atoms. The first-order valence-corrected chi connectivity index (χ1v) is 10.9. The van der Waals surface area contributed by atoms with Crippen molar-refractivity contribution >= 4 is 10.8 Å². The number of halogens is 3. The van der Waals surface area contributed by atoms with Crippen LogP contribution in [-0.4, -0.2) is 17.8 Å². The van der Waals surface area contributed by atoms with E-state index < -0.39 is 17.3 Å². The van der Waals surface area contributed by atoms with Gasteiger partial charge in [-0.05, 0) is 67.0 Å². The van der Waals surface area contributed by atoms with Crippen molar-refractivity contribution in [2.24, 2.45) is 11.7 Å². The zero-order valence-electron chi connectivity index (χ0n) is 17.8. The Morgan fingerprint density at radius 1 is 1.10 bits per heavy atom. The van der Waals surface area contributed by atoms with Crippen molar-refractivity contribution in [3.63, 3.8) is 0 Å². The van der Waals surface area contributed by atoms with E-state index in [1.807, 2.05) is 0 Å². The zero-order valence-corrected chi connectivity index (χ0v) is 17.8. The molecule has 6 heteroatoms. The van der Waals surface area contributed by atoms with Gasteiger partial charge in [-0.3, -0.25) is 0 Å². The number of ether oxygens (including phenoxy) is 1. The van der Waals surface area contributed by atoms with Crippen molar-refractivity contribution in [1.29, 1.82) is 0 Å². The minimum atomic E-state index is -4.53. The van der Waals surface area contributed by atoms with Crippen LogP contribution < -0.4 is 10.5 Å². The molecule has 0 amide bonds. The fraction of sp³-hybridized carbons (Fsp3) is 0.583. The van der Waals surface area contributed by atoms with Crippen LogP contribution in [0.5, 0.6) is 5.75 Å². The fourth-order valence-corrected chi connectivity index (χ4v) is 4.36. The second kappa shape index (κ2) is 9.15. The van der Waals surface area contributed by atoms with Crippen LogP contribution >= 0.6 is 0 Å². The zero-order chi connectivity index (χ0) is 21.9. The largest absolute Gasteiger partial charge is 0.490 e. The average Bonchev–Trinajstić information content (AvgIpc) is 2.71. The molecule has 0 saturated heterocycles. The Balaban J connectivity index is 1.87. The third-order valence-electron chi connectivity index (χ3n) is 6.31. The molecule has 3 nitrogen and oxygen atoms in total. The lowest BCUT2D eigenvalue weighted by Crippen LogP contribution is -2.36. The van der Waals surface area contributed by atoms with Gasteiger partial charge in [-0.1, -0.05) is 44.4 Å². The van der Waals surface area contributed by atoms with Crippen LogP contribution in [0.15, 0.2) is 30.3 Å². The van der Waals surface area contributed by atoms with Crippen molar-refractivity contribution < 1.29 is 23.0 Å². The van der Waals surface area contributed by atoms with Crippen LogP contribution in [0.4, 0.5) is 13.2 Å². The van der Waals surface area contributed by atoms with Gasteiger partial charge in [0.2, 0.25) is 0 Å². The highest BCUT2D eigenvalue weighted by atomic mass is 19.4. The predicted molar refractivity (Wildman–Crippen MR) is 113 cm³/mol. The van der Waals surface area contributed by atoms with Crippen molar-refractivity contribution in [2.45, 2.75) is 76.6 Å². The Morgan fingerprint density at radius 2 is 1.80 bits per heavy atom. The number of fused-ring (bicyclic) bond motifs is 1. The Labute approximate surface area is 176 Å². The van der Waals surface area contributed by atoms with Crippen LogP contribution in [0.3, 0.4) is 0 Å².